The van der Waals surface area contributed by atoms with Gasteiger partial charge in [0, 0.05) is 108 Å². The van der Waals surface area contributed by atoms with Gasteiger partial charge in [0.25, 0.3) is 0 Å². The molecule has 6 aliphatic heterocycles. The highest BCUT2D eigenvalue weighted by molar-refractivity contribution is 5.92. The van der Waals surface area contributed by atoms with Crippen LogP contribution in [0.15, 0.2) is 60.7 Å². The fourth-order valence-corrected chi connectivity index (χ4v) is 12.5. The maximum absolute atomic E-state index is 13.1. The third kappa shape index (κ3) is 18.2. The molecule has 87 heavy (non-hydrogen) atoms. The lowest BCUT2D eigenvalue weighted by Crippen LogP contribution is -2.57. The molecule has 0 spiro atoms. The van der Waals surface area contributed by atoms with Gasteiger partial charge >= 0.3 is 30.5 Å². The molecule has 4 atom stereocenters. The standard InChI is InChI=1S/C34H47F3N6O4.C29H39F3N6O2/c1-23-7-8-26(38-30(44)42-12-9-24(21-42)20-34(35,36)37)19-27(23)25-17-28(41-13-15-46-16-14-41)39-29(18-25)43-11-6-10-33(5,22-43)40-31(45)47-32(2,3)4;1-20-4-5-23(34-27(39)37-9-6-21(18-37)17-29(30,31)32)16-24(20)22-14-25(36-10-12-40-13-11-36)35-26(15-22)38-8-3-7-28(2,33)19-38/h7-8,17-19,24H,6,9-16,20-22H2,1-5H3,(H,38,44)(H,40,45);4-5,14-16,21H,3,6-13,17-19,33H2,1-2H3,(H,34,39)/t24-,33-;21-,28-/m00/s1. The van der Waals surface area contributed by atoms with Crippen molar-refractivity contribution in [2.75, 3.05) is 135 Å². The number of nitrogens with two attached hydrogens (primary N) is 1. The summed E-state index contributed by atoms with van der Waals surface area (Å²) in [6, 6.07) is 18.8. The van der Waals surface area contributed by atoms with Crippen molar-refractivity contribution in [3.8, 4) is 22.3 Å². The number of hydrogen-bond acceptors (Lipinski definition) is 13. The summed E-state index contributed by atoms with van der Waals surface area (Å²) in [5.41, 5.74) is 12.1. The van der Waals surface area contributed by atoms with Gasteiger partial charge in [0.15, 0.2) is 0 Å². The molecule has 18 nitrogen and oxygen atoms in total. The summed E-state index contributed by atoms with van der Waals surface area (Å²) in [5.74, 6) is 2.20. The predicted octanol–water partition coefficient (Wildman–Crippen LogP) is 11.6. The molecule has 476 valence electrons. The number of benzene rings is 2. The van der Waals surface area contributed by atoms with Crippen LogP contribution in [0.25, 0.3) is 22.3 Å². The number of nitrogens with zero attached hydrogens (tertiary/aromatic N) is 8. The summed E-state index contributed by atoms with van der Waals surface area (Å²) in [5, 5.41) is 8.90. The van der Waals surface area contributed by atoms with E-state index in [4.69, 9.17) is 29.9 Å². The summed E-state index contributed by atoms with van der Waals surface area (Å²) in [6.07, 6.45) is -6.35. The minimum absolute atomic E-state index is 0.0816. The van der Waals surface area contributed by atoms with Gasteiger partial charge in [-0.15, -0.1) is 0 Å². The van der Waals surface area contributed by atoms with Crippen molar-refractivity contribution in [3.63, 3.8) is 0 Å². The maximum Gasteiger partial charge on any atom is 0.408 e. The van der Waals surface area contributed by atoms with E-state index >= 15 is 0 Å². The van der Waals surface area contributed by atoms with Crippen molar-refractivity contribution in [2.45, 2.75) is 129 Å². The van der Waals surface area contributed by atoms with Crippen molar-refractivity contribution in [1.29, 1.82) is 0 Å². The Bertz CT molecular complexity index is 3060. The fourth-order valence-electron chi connectivity index (χ4n) is 12.5. The highest BCUT2D eigenvalue weighted by atomic mass is 19.4. The number of carbonyl (C=O) groups excluding carboxylic acids is 3. The van der Waals surface area contributed by atoms with Gasteiger partial charge in [-0.05, 0) is 181 Å². The molecule has 24 heteroatoms. The molecule has 2 aromatic heterocycles. The zero-order chi connectivity index (χ0) is 62.5. The average Bonchev–Trinajstić information content (AvgIpc) is 1.77. The van der Waals surface area contributed by atoms with Crippen LogP contribution < -0.4 is 41.3 Å². The third-order valence-corrected chi connectivity index (χ3v) is 16.9. The van der Waals surface area contributed by atoms with Crippen LogP contribution in [0.4, 0.5) is 75.4 Å². The number of amides is 5. The van der Waals surface area contributed by atoms with E-state index in [0.29, 0.717) is 89.9 Å². The van der Waals surface area contributed by atoms with E-state index in [1.165, 1.54) is 9.80 Å². The van der Waals surface area contributed by atoms with Gasteiger partial charge in [-0.25, -0.2) is 24.4 Å². The van der Waals surface area contributed by atoms with E-state index in [-0.39, 0.29) is 24.7 Å². The molecule has 6 fully saturated rings. The van der Waals surface area contributed by atoms with Crippen molar-refractivity contribution < 1.29 is 54.9 Å². The zero-order valence-corrected chi connectivity index (χ0v) is 51.3. The molecule has 6 saturated heterocycles. The van der Waals surface area contributed by atoms with Gasteiger partial charge in [-0.1, -0.05) is 12.1 Å². The first-order valence-corrected chi connectivity index (χ1v) is 30.5. The van der Waals surface area contributed by atoms with E-state index in [0.717, 1.165) is 109 Å². The molecule has 2 aromatic carbocycles. The van der Waals surface area contributed by atoms with Crippen LogP contribution in [-0.4, -0.2) is 172 Å². The Morgan fingerprint density at radius 2 is 1.01 bits per heavy atom. The minimum Gasteiger partial charge on any atom is -0.444 e. The van der Waals surface area contributed by atoms with Gasteiger partial charge in [0.1, 0.15) is 28.9 Å². The quantitative estimate of drug-likeness (QED) is 0.104. The molecular formula is C63H86F6N12O6. The summed E-state index contributed by atoms with van der Waals surface area (Å²) in [7, 11) is 0. The van der Waals surface area contributed by atoms with Crippen LogP contribution in [0.3, 0.4) is 0 Å². The van der Waals surface area contributed by atoms with Crippen molar-refractivity contribution in [1.82, 2.24) is 25.1 Å². The van der Waals surface area contributed by atoms with Crippen LogP contribution in [0, 0.1) is 25.7 Å². The molecule has 0 aliphatic carbocycles. The summed E-state index contributed by atoms with van der Waals surface area (Å²) in [4.78, 5) is 60.6. The minimum atomic E-state index is -4.24. The summed E-state index contributed by atoms with van der Waals surface area (Å²) >= 11 is 0. The first-order valence-electron chi connectivity index (χ1n) is 30.5. The molecule has 5 N–H and O–H groups in total. The topological polar surface area (TPSA) is 186 Å². The normalized spacial score (nSPS) is 23.1. The van der Waals surface area contributed by atoms with E-state index in [1.54, 1.807) is 0 Å². The van der Waals surface area contributed by atoms with Gasteiger partial charge in [0.05, 0.1) is 32.0 Å². The van der Waals surface area contributed by atoms with E-state index in [1.807, 2.05) is 90.1 Å². The third-order valence-electron chi connectivity index (χ3n) is 16.9. The molecule has 4 aromatic rings. The number of anilines is 6. The maximum atomic E-state index is 13.1. The summed E-state index contributed by atoms with van der Waals surface area (Å²) in [6.45, 7) is 22.8. The van der Waals surface area contributed by atoms with Gasteiger partial charge in [0.2, 0.25) is 0 Å². The number of piperidine rings is 2. The number of rotatable bonds is 11. The smallest absolute Gasteiger partial charge is 0.408 e. The largest absolute Gasteiger partial charge is 0.444 e. The lowest BCUT2D eigenvalue weighted by atomic mass is 9.91. The van der Waals surface area contributed by atoms with Gasteiger partial charge in [-0.3, -0.25) is 0 Å². The zero-order valence-electron chi connectivity index (χ0n) is 51.3. The van der Waals surface area contributed by atoms with Gasteiger partial charge in [-0.2, -0.15) is 26.3 Å². The number of aryl methyl sites for hydroxylation is 2. The molecule has 0 radical (unpaired) electrons. The van der Waals surface area contributed by atoms with Crippen molar-refractivity contribution in [3.05, 3.63) is 71.8 Å². The lowest BCUT2D eigenvalue weighted by Gasteiger charge is -2.42. The number of alkyl carbamates (subject to hydrolysis) is 1. The fraction of sp³-hybridized carbons (Fsp3) is 0.603. The molecule has 0 unspecified atom stereocenters. The number of morpholine rings is 2. The van der Waals surface area contributed by atoms with Crippen LogP contribution in [0.2, 0.25) is 0 Å². The number of halogens is 6. The number of hydrogen-bond donors (Lipinski definition) is 4. The molecule has 0 saturated carbocycles. The monoisotopic (exact) mass is 1220 g/mol. The number of likely N-dealkylation sites (tertiary alicyclic amines) is 2. The second-order valence-corrected chi connectivity index (χ2v) is 26.0. The highest BCUT2D eigenvalue weighted by Gasteiger charge is 2.39. The number of urea groups is 2. The van der Waals surface area contributed by atoms with Crippen molar-refractivity contribution >= 4 is 52.8 Å². The van der Waals surface area contributed by atoms with E-state index in [9.17, 15) is 40.7 Å². The number of pyridine rings is 2. The highest BCUT2D eigenvalue weighted by Crippen LogP contribution is 2.38. The van der Waals surface area contributed by atoms with Crippen LogP contribution in [0.5, 0.6) is 0 Å². The van der Waals surface area contributed by atoms with Gasteiger partial charge < -0.3 is 65.3 Å². The van der Waals surface area contributed by atoms with Crippen molar-refractivity contribution in [2.24, 2.45) is 17.6 Å². The first kappa shape index (κ1) is 64.7. The second-order valence-electron chi connectivity index (χ2n) is 26.0. The Kier molecular flexibility index (Phi) is 20.0. The Morgan fingerprint density at radius 3 is 1.43 bits per heavy atom. The number of aromatic nitrogens is 2. The number of ether oxygens (including phenoxy) is 3. The number of carbonyl (C=O) groups is 3. The van der Waals surface area contributed by atoms with E-state index < -0.39 is 60.3 Å². The van der Waals surface area contributed by atoms with Crippen LogP contribution >= 0.6 is 0 Å². The molecule has 6 aliphatic rings. The Hall–Kier alpha value is -6.79. The molecule has 8 heterocycles. The average molecular weight is 1220 g/mol. The Labute approximate surface area is 506 Å². The first-order chi connectivity index (χ1) is 41.0. The van der Waals surface area contributed by atoms with E-state index in [2.05, 4.69) is 54.6 Å². The summed E-state index contributed by atoms with van der Waals surface area (Å²) < 4.78 is 93.9. The Morgan fingerprint density at radius 1 is 0.598 bits per heavy atom. The molecule has 0 bridgehead atoms. The molecule has 10 rings (SSSR count). The molecule has 5 amide bonds. The van der Waals surface area contributed by atoms with Crippen LogP contribution in [-0.2, 0) is 14.2 Å². The Balaban J connectivity index is 0.000000210. The predicted molar refractivity (Wildman–Crippen MR) is 327 cm³/mol. The van der Waals surface area contributed by atoms with Crippen LogP contribution in [0.1, 0.15) is 97.1 Å². The lowest BCUT2D eigenvalue weighted by molar-refractivity contribution is -0.144. The SMILES string of the molecule is Cc1ccc(NC(=O)N2CC[C@@H](CC(F)(F)F)C2)cc1-c1cc(N2CCOCC2)nc(N2CCC[C@](C)(N)C2)c1.Cc1ccc(NC(=O)N2CC[C@@H](CC(F)(F)F)C2)cc1-c1cc(N2CCOCC2)nc(N2CCC[C@](C)(NC(=O)OC(C)(C)C)C2)c1. The molecular weight excluding hydrogens is 1130 g/mol. The number of alkyl halides is 6. The second kappa shape index (κ2) is 26.9. The number of nitrogens with one attached hydrogen (secondary N) is 3.